The van der Waals surface area contributed by atoms with Crippen molar-refractivity contribution in [3.05, 3.63) is 99.4 Å². The van der Waals surface area contributed by atoms with Gasteiger partial charge in [-0.2, -0.15) is 5.10 Å². The van der Waals surface area contributed by atoms with Gasteiger partial charge in [0.25, 0.3) is 5.69 Å². The lowest BCUT2D eigenvalue weighted by Gasteiger charge is -2.07. The first kappa shape index (κ1) is 19.3. The number of amidine groups is 1. The SMILES string of the molecule is CCOc1ccc(C2=Nc3ccc(F)cc3C(c3ccc([N+](=O)[O-])cc3)=NN2)cc1. The molecule has 0 bridgehead atoms. The topological polar surface area (TPSA) is 89.1 Å². The molecule has 150 valence electrons. The lowest BCUT2D eigenvalue weighted by Crippen LogP contribution is -2.19. The van der Waals surface area contributed by atoms with E-state index in [2.05, 4.69) is 15.5 Å². The zero-order valence-corrected chi connectivity index (χ0v) is 16.0. The highest BCUT2D eigenvalue weighted by molar-refractivity contribution is 6.18. The van der Waals surface area contributed by atoms with Gasteiger partial charge in [0.1, 0.15) is 17.3 Å². The van der Waals surface area contributed by atoms with Crippen LogP contribution in [0.5, 0.6) is 5.75 Å². The number of nitro benzene ring substituents is 1. The second kappa shape index (κ2) is 8.12. The number of benzene rings is 3. The third kappa shape index (κ3) is 3.88. The fourth-order valence-corrected chi connectivity index (χ4v) is 3.08. The first-order valence-electron chi connectivity index (χ1n) is 9.25. The summed E-state index contributed by atoms with van der Waals surface area (Å²) in [5, 5.41) is 15.4. The Morgan fingerprint density at radius 1 is 1.03 bits per heavy atom. The number of nitro groups is 1. The molecule has 1 heterocycles. The molecule has 1 N–H and O–H groups in total. The Bertz CT molecular complexity index is 1160. The highest BCUT2D eigenvalue weighted by Crippen LogP contribution is 2.27. The Balaban J connectivity index is 1.76. The van der Waals surface area contributed by atoms with Crippen LogP contribution in [0.4, 0.5) is 15.8 Å². The zero-order valence-electron chi connectivity index (χ0n) is 16.0. The third-order valence-corrected chi connectivity index (χ3v) is 4.51. The van der Waals surface area contributed by atoms with E-state index in [1.54, 1.807) is 18.2 Å². The molecule has 1 aliphatic heterocycles. The molecule has 0 aliphatic carbocycles. The number of halogens is 1. The Hall–Kier alpha value is -4.07. The quantitative estimate of drug-likeness (QED) is 0.498. The first-order valence-corrected chi connectivity index (χ1v) is 9.25. The van der Waals surface area contributed by atoms with Crippen molar-refractivity contribution < 1.29 is 14.1 Å². The Labute approximate surface area is 171 Å². The molecule has 0 saturated carbocycles. The van der Waals surface area contributed by atoms with Gasteiger partial charge in [-0.1, -0.05) is 0 Å². The van der Waals surface area contributed by atoms with Gasteiger partial charge in [-0.15, -0.1) is 0 Å². The summed E-state index contributed by atoms with van der Waals surface area (Å²) in [5.74, 6) is 0.805. The summed E-state index contributed by atoms with van der Waals surface area (Å²) in [7, 11) is 0. The van der Waals surface area contributed by atoms with Gasteiger partial charge in [0.2, 0.25) is 0 Å². The van der Waals surface area contributed by atoms with Crippen LogP contribution < -0.4 is 10.2 Å². The van der Waals surface area contributed by atoms with E-state index in [-0.39, 0.29) is 5.69 Å². The summed E-state index contributed by atoms with van der Waals surface area (Å²) in [6.07, 6.45) is 0. The maximum atomic E-state index is 14.0. The van der Waals surface area contributed by atoms with Crippen molar-refractivity contribution in [2.45, 2.75) is 6.92 Å². The molecule has 8 heteroatoms. The highest BCUT2D eigenvalue weighted by Gasteiger charge is 2.19. The maximum absolute atomic E-state index is 14.0. The van der Waals surface area contributed by atoms with Crippen LogP contribution in [0.1, 0.15) is 23.6 Å². The van der Waals surface area contributed by atoms with Crippen molar-refractivity contribution in [2.24, 2.45) is 10.1 Å². The standard InChI is InChI=1S/C22H17FN4O3/c1-2-30-18-10-5-15(6-11-18)22-24-20-12-7-16(23)13-19(20)21(25-26-22)14-3-8-17(9-4-14)27(28)29/h3-13H,2H2,1H3,(H,24,26). The van der Waals surface area contributed by atoms with Crippen molar-refractivity contribution in [3.63, 3.8) is 0 Å². The van der Waals surface area contributed by atoms with E-state index in [1.807, 2.05) is 31.2 Å². The number of fused-ring (bicyclic) bond motifs is 1. The third-order valence-electron chi connectivity index (χ3n) is 4.51. The number of aliphatic imine (C=N–C) groups is 1. The zero-order chi connectivity index (χ0) is 21.1. The van der Waals surface area contributed by atoms with Gasteiger partial charge >= 0.3 is 0 Å². The van der Waals surface area contributed by atoms with Crippen LogP contribution in [0.2, 0.25) is 0 Å². The molecule has 7 nitrogen and oxygen atoms in total. The molecule has 3 aromatic rings. The van der Waals surface area contributed by atoms with E-state index in [1.165, 1.54) is 24.3 Å². The molecule has 0 saturated heterocycles. The van der Waals surface area contributed by atoms with Gasteiger partial charge in [0.05, 0.1) is 17.2 Å². The van der Waals surface area contributed by atoms with Crippen molar-refractivity contribution in [2.75, 3.05) is 6.61 Å². The molecule has 4 rings (SSSR count). The number of nitrogens with zero attached hydrogens (tertiary/aromatic N) is 3. The van der Waals surface area contributed by atoms with E-state index in [0.29, 0.717) is 35.0 Å². The lowest BCUT2D eigenvalue weighted by molar-refractivity contribution is -0.384. The number of hydrazone groups is 1. The fourth-order valence-electron chi connectivity index (χ4n) is 3.08. The summed E-state index contributed by atoms with van der Waals surface area (Å²) in [5.41, 5.74) is 5.74. The summed E-state index contributed by atoms with van der Waals surface area (Å²) in [6, 6.07) is 17.6. The smallest absolute Gasteiger partial charge is 0.269 e. The Kier molecular flexibility index (Phi) is 5.21. The number of nitrogens with one attached hydrogen (secondary N) is 1. The number of hydrogen-bond acceptors (Lipinski definition) is 6. The molecule has 3 aromatic carbocycles. The molecule has 0 amide bonds. The van der Waals surface area contributed by atoms with Crippen molar-refractivity contribution in [3.8, 4) is 5.75 Å². The van der Waals surface area contributed by atoms with Crippen molar-refractivity contribution in [1.82, 2.24) is 5.43 Å². The molecule has 0 spiro atoms. The fraction of sp³-hybridized carbons (Fsp3) is 0.0909. The molecule has 30 heavy (non-hydrogen) atoms. The van der Waals surface area contributed by atoms with Crippen molar-refractivity contribution in [1.29, 1.82) is 0 Å². The van der Waals surface area contributed by atoms with Crippen LogP contribution in [-0.2, 0) is 0 Å². The number of hydrogen-bond donors (Lipinski definition) is 1. The van der Waals surface area contributed by atoms with Crippen LogP contribution >= 0.6 is 0 Å². The predicted molar refractivity (Wildman–Crippen MR) is 112 cm³/mol. The minimum atomic E-state index is -0.475. The second-order valence-electron chi connectivity index (χ2n) is 6.46. The average Bonchev–Trinajstić information content (AvgIpc) is 2.94. The monoisotopic (exact) mass is 404 g/mol. The molecule has 0 radical (unpaired) electrons. The van der Waals surface area contributed by atoms with Crippen LogP contribution in [0.15, 0.2) is 76.8 Å². The van der Waals surface area contributed by atoms with E-state index in [9.17, 15) is 14.5 Å². The van der Waals surface area contributed by atoms with Crippen LogP contribution in [-0.4, -0.2) is 23.1 Å². The van der Waals surface area contributed by atoms with E-state index in [4.69, 9.17) is 4.74 Å². The minimum Gasteiger partial charge on any atom is -0.494 e. The number of rotatable bonds is 5. The molecular formula is C22H17FN4O3. The largest absolute Gasteiger partial charge is 0.494 e. The highest BCUT2D eigenvalue weighted by atomic mass is 19.1. The normalized spacial score (nSPS) is 12.7. The number of ether oxygens (including phenoxy) is 1. The van der Waals surface area contributed by atoms with E-state index >= 15 is 0 Å². The first-order chi connectivity index (χ1) is 14.5. The average molecular weight is 404 g/mol. The van der Waals surface area contributed by atoms with Gasteiger partial charge in [0, 0.05) is 28.8 Å². The van der Waals surface area contributed by atoms with Crippen LogP contribution in [0.3, 0.4) is 0 Å². The van der Waals surface area contributed by atoms with Gasteiger partial charge in [0.15, 0.2) is 5.84 Å². The molecular weight excluding hydrogens is 387 g/mol. The van der Waals surface area contributed by atoms with E-state index in [0.717, 1.165) is 11.3 Å². The predicted octanol–water partition coefficient (Wildman–Crippen LogP) is 4.57. The maximum Gasteiger partial charge on any atom is 0.269 e. The van der Waals surface area contributed by atoms with Gasteiger partial charge in [-0.3, -0.25) is 15.5 Å². The Morgan fingerprint density at radius 3 is 2.40 bits per heavy atom. The molecule has 0 aromatic heterocycles. The molecule has 0 atom stereocenters. The van der Waals surface area contributed by atoms with E-state index < -0.39 is 10.7 Å². The molecule has 0 unspecified atom stereocenters. The number of non-ortho nitro benzene ring substituents is 1. The van der Waals surface area contributed by atoms with Crippen molar-refractivity contribution >= 4 is 22.9 Å². The van der Waals surface area contributed by atoms with Gasteiger partial charge in [-0.05, 0) is 61.5 Å². The van der Waals surface area contributed by atoms with Crippen LogP contribution in [0, 0.1) is 15.9 Å². The summed E-state index contributed by atoms with van der Waals surface area (Å²) in [4.78, 5) is 15.1. The second-order valence-corrected chi connectivity index (χ2v) is 6.46. The van der Waals surface area contributed by atoms with Gasteiger partial charge in [-0.25, -0.2) is 9.38 Å². The molecule has 0 fully saturated rings. The van der Waals surface area contributed by atoms with Crippen LogP contribution in [0.25, 0.3) is 0 Å². The van der Waals surface area contributed by atoms with Gasteiger partial charge < -0.3 is 4.74 Å². The minimum absolute atomic E-state index is 0.0354. The lowest BCUT2D eigenvalue weighted by atomic mass is 10.0. The summed E-state index contributed by atoms with van der Waals surface area (Å²) < 4.78 is 19.5. The summed E-state index contributed by atoms with van der Waals surface area (Å²) >= 11 is 0. The molecule has 1 aliphatic rings. The summed E-state index contributed by atoms with van der Waals surface area (Å²) in [6.45, 7) is 2.48. The Morgan fingerprint density at radius 2 is 1.73 bits per heavy atom.